The average Bonchev–Trinajstić information content (AvgIpc) is 2.59. The van der Waals surface area contributed by atoms with Crippen LogP contribution in [0, 0.1) is 0 Å². The molecule has 1 aliphatic rings. The summed E-state index contributed by atoms with van der Waals surface area (Å²) in [6, 6.07) is 12.7. The van der Waals surface area contributed by atoms with Crippen molar-refractivity contribution in [2.24, 2.45) is 0 Å². The standard InChI is InChI=1S/C18H21NO3/c1-20-14-6-4-5-13(9-14)18-15-11-17(22-3)16(21-2)10-12(15)7-8-19-18/h4-6,9-11,18-19H,7-8H2,1-3H3/p+1/t18-/m0/s1. The van der Waals surface area contributed by atoms with Crippen LogP contribution in [0.3, 0.4) is 0 Å². The zero-order chi connectivity index (χ0) is 15.5. The molecule has 0 fully saturated rings. The molecule has 1 aliphatic heterocycles. The molecular weight excluding hydrogens is 278 g/mol. The summed E-state index contributed by atoms with van der Waals surface area (Å²) in [5.74, 6) is 2.47. The number of benzene rings is 2. The Kier molecular flexibility index (Phi) is 4.20. The molecule has 4 heteroatoms. The Morgan fingerprint density at radius 2 is 1.73 bits per heavy atom. The maximum Gasteiger partial charge on any atom is 0.161 e. The molecule has 0 saturated heterocycles. The van der Waals surface area contributed by atoms with Gasteiger partial charge in [-0.1, -0.05) is 12.1 Å². The van der Waals surface area contributed by atoms with Gasteiger partial charge in [-0.05, 0) is 29.8 Å². The molecule has 2 aromatic carbocycles. The second kappa shape index (κ2) is 6.28. The minimum atomic E-state index is 0.263. The van der Waals surface area contributed by atoms with E-state index in [1.54, 1.807) is 21.3 Å². The maximum absolute atomic E-state index is 5.47. The van der Waals surface area contributed by atoms with Gasteiger partial charge in [-0.15, -0.1) is 0 Å². The van der Waals surface area contributed by atoms with Crippen LogP contribution in [0.15, 0.2) is 36.4 Å². The first kappa shape index (κ1) is 14.7. The van der Waals surface area contributed by atoms with E-state index in [4.69, 9.17) is 14.2 Å². The Labute approximate surface area is 131 Å². The highest BCUT2D eigenvalue weighted by Gasteiger charge is 2.27. The van der Waals surface area contributed by atoms with Crippen LogP contribution in [0.5, 0.6) is 17.2 Å². The molecule has 0 spiro atoms. The molecule has 0 radical (unpaired) electrons. The van der Waals surface area contributed by atoms with E-state index in [1.165, 1.54) is 16.7 Å². The highest BCUT2D eigenvalue weighted by atomic mass is 16.5. The summed E-state index contributed by atoms with van der Waals surface area (Å²) in [7, 11) is 5.06. The molecule has 0 aromatic heterocycles. The predicted octanol–water partition coefficient (Wildman–Crippen LogP) is 1.92. The third-order valence-corrected chi connectivity index (χ3v) is 4.25. The van der Waals surface area contributed by atoms with Crippen molar-refractivity contribution in [2.45, 2.75) is 12.5 Å². The van der Waals surface area contributed by atoms with Gasteiger partial charge in [0.15, 0.2) is 11.5 Å². The van der Waals surface area contributed by atoms with Crippen molar-refractivity contribution in [3.8, 4) is 17.2 Å². The largest absolute Gasteiger partial charge is 0.497 e. The Hall–Kier alpha value is -2.20. The molecule has 0 unspecified atom stereocenters. The maximum atomic E-state index is 5.47. The summed E-state index contributed by atoms with van der Waals surface area (Å²) in [6.07, 6.45) is 1.04. The number of fused-ring (bicyclic) bond motifs is 1. The minimum Gasteiger partial charge on any atom is -0.497 e. The molecule has 3 rings (SSSR count). The highest BCUT2D eigenvalue weighted by molar-refractivity contribution is 5.50. The highest BCUT2D eigenvalue weighted by Crippen LogP contribution is 2.35. The normalized spacial score (nSPS) is 16.8. The van der Waals surface area contributed by atoms with Gasteiger partial charge >= 0.3 is 0 Å². The molecule has 2 aromatic rings. The zero-order valence-electron chi connectivity index (χ0n) is 13.3. The van der Waals surface area contributed by atoms with Gasteiger partial charge < -0.3 is 19.5 Å². The monoisotopic (exact) mass is 300 g/mol. The lowest BCUT2D eigenvalue weighted by molar-refractivity contribution is -0.690. The van der Waals surface area contributed by atoms with Crippen molar-refractivity contribution in [1.82, 2.24) is 0 Å². The second-order valence-corrected chi connectivity index (χ2v) is 5.43. The first-order valence-electron chi connectivity index (χ1n) is 7.49. The van der Waals surface area contributed by atoms with Crippen LogP contribution in [0.25, 0.3) is 0 Å². The van der Waals surface area contributed by atoms with Crippen LogP contribution >= 0.6 is 0 Å². The summed E-state index contributed by atoms with van der Waals surface area (Å²) in [5, 5.41) is 2.36. The third-order valence-electron chi connectivity index (χ3n) is 4.25. The van der Waals surface area contributed by atoms with Crippen LogP contribution in [-0.2, 0) is 6.42 Å². The molecule has 0 saturated carbocycles. The van der Waals surface area contributed by atoms with Crippen molar-refractivity contribution < 1.29 is 19.5 Å². The van der Waals surface area contributed by atoms with Crippen molar-refractivity contribution in [1.29, 1.82) is 0 Å². The molecule has 4 nitrogen and oxygen atoms in total. The Balaban J connectivity index is 2.06. The quantitative estimate of drug-likeness (QED) is 0.938. The molecule has 116 valence electrons. The van der Waals surface area contributed by atoms with Crippen LogP contribution in [-0.4, -0.2) is 27.9 Å². The van der Waals surface area contributed by atoms with Gasteiger partial charge in [0, 0.05) is 17.5 Å². The number of nitrogens with two attached hydrogens (primary N) is 1. The van der Waals surface area contributed by atoms with Gasteiger partial charge in [-0.3, -0.25) is 0 Å². The summed E-state index contributed by atoms with van der Waals surface area (Å²) in [6.45, 7) is 1.06. The number of hydrogen-bond donors (Lipinski definition) is 1. The summed E-state index contributed by atoms with van der Waals surface area (Å²) in [5.41, 5.74) is 3.86. The smallest absolute Gasteiger partial charge is 0.161 e. The topological polar surface area (TPSA) is 44.3 Å². The lowest BCUT2D eigenvalue weighted by atomic mass is 9.89. The predicted molar refractivity (Wildman–Crippen MR) is 84.9 cm³/mol. The first-order valence-corrected chi connectivity index (χ1v) is 7.49. The molecule has 0 bridgehead atoms. The van der Waals surface area contributed by atoms with Crippen molar-refractivity contribution in [3.63, 3.8) is 0 Å². The number of ether oxygens (including phenoxy) is 3. The van der Waals surface area contributed by atoms with E-state index in [2.05, 4.69) is 29.6 Å². The van der Waals surface area contributed by atoms with Crippen molar-refractivity contribution in [2.75, 3.05) is 27.9 Å². The van der Waals surface area contributed by atoms with E-state index in [0.717, 1.165) is 30.2 Å². The molecule has 1 atom stereocenters. The average molecular weight is 300 g/mol. The Bertz CT molecular complexity index is 669. The van der Waals surface area contributed by atoms with Gasteiger partial charge in [0.25, 0.3) is 0 Å². The number of rotatable bonds is 4. The molecule has 1 heterocycles. The van der Waals surface area contributed by atoms with Crippen LogP contribution in [0.4, 0.5) is 0 Å². The van der Waals surface area contributed by atoms with Crippen LogP contribution in [0.2, 0.25) is 0 Å². The number of hydrogen-bond acceptors (Lipinski definition) is 3. The molecule has 0 aliphatic carbocycles. The summed E-state index contributed by atoms with van der Waals surface area (Å²) in [4.78, 5) is 0. The van der Waals surface area contributed by atoms with E-state index >= 15 is 0 Å². The minimum absolute atomic E-state index is 0.263. The van der Waals surface area contributed by atoms with Gasteiger partial charge in [-0.2, -0.15) is 0 Å². The van der Waals surface area contributed by atoms with Gasteiger partial charge in [0.05, 0.1) is 27.9 Å². The fourth-order valence-electron chi connectivity index (χ4n) is 3.13. The Morgan fingerprint density at radius 3 is 2.45 bits per heavy atom. The first-order chi connectivity index (χ1) is 10.8. The van der Waals surface area contributed by atoms with Crippen LogP contribution < -0.4 is 19.5 Å². The number of methoxy groups -OCH3 is 3. The summed E-state index contributed by atoms with van der Waals surface area (Å²) >= 11 is 0. The second-order valence-electron chi connectivity index (χ2n) is 5.43. The van der Waals surface area contributed by atoms with E-state index in [0.29, 0.717) is 0 Å². The Morgan fingerprint density at radius 1 is 0.955 bits per heavy atom. The lowest BCUT2D eigenvalue weighted by Gasteiger charge is -2.25. The van der Waals surface area contributed by atoms with E-state index in [1.807, 2.05) is 12.1 Å². The van der Waals surface area contributed by atoms with Gasteiger partial charge in [0.2, 0.25) is 0 Å². The lowest BCUT2D eigenvalue weighted by Crippen LogP contribution is -2.87. The fourth-order valence-corrected chi connectivity index (χ4v) is 3.13. The van der Waals surface area contributed by atoms with Crippen LogP contribution in [0.1, 0.15) is 22.7 Å². The van der Waals surface area contributed by atoms with E-state index in [-0.39, 0.29) is 6.04 Å². The molecule has 0 amide bonds. The number of quaternary nitrogens is 1. The SMILES string of the molecule is COc1cccc([C@@H]2[NH2+]CCc3cc(OC)c(OC)cc32)c1. The summed E-state index contributed by atoms with van der Waals surface area (Å²) < 4.78 is 16.2. The molecule has 2 N–H and O–H groups in total. The van der Waals surface area contributed by atoms with Gasteiger partial charge in [-0.25, -0.2) is 0 Å². The van der Waals surface area contributed by atoms with E-state index in [9.17, 15) is 0 Å². The van der Waals surface area contributed by atoms with Crippen molar-refractivity contribution >= 4 is 0 Å². The van der Waals surface area contributed by atoms with E-state index < -0.39 is 0 Å². The third kappa shape index (κ3) is 2.62. The zero-order valence-corrected chi connectivity index (χ0v) is 13.3. The molecular formula is C18H22NO3+. The fraction of sp³-hybridized carbons (Fsp3) is 0.333. The van der Waals surface area contributed by atoms with Gasteiger partial charge in [0.1, 0.15) is 11.8 Å². The molecule has 22 heavy (non-hydrogen) atoms. The van der Waals surface area contributed by atoms with Crippen molar-refractivity contribution in [3.05, 3.63) is 53.1 Å².